The van der Waals surface area contributed by atoms with Crippen molar-refractivity contribution in [1.82, 2.24) is 0 Å². The van der Waals surface area contributed by atoms with Gasteiger partial charge in [0, 0.05) is 17.7 Å². The highest BCUT2D eigenvalue weighted by atomic mass is 35.5. The van der Waals surface area contributed by atoms with Crippen LogP contribution < -0.4 is 5.73 Å². The van der Waals surface area contributed by atoms with Crippen LogP contribution in [0.5, 0.6) is 0 Å². The average molecular weight is 251 g/mol. The molecule has 0 aliphatic rings. The molecule has 1 rings (SSSR count). The molecule has 0 fully saturated rings. The summed E-state index contributed by atoms with van der Waals surface area (Å²) >= 11 is 0. The van der Waals surface area contributed by atoms with Crippen LogP contribution in [-0.4, -0.2) is 16.1 Å². The molecule has 90 valence electrons. The molecule has 16 heavy (non-hydrogen) atoms. The molecule has 7 heteroatoms. The van der Waals surface area contributed by atoms with Crippen molar-refractivity contribution in [3.05, 3.63) is 39.7 Å². The lowest BCUT2D eigenvalue weighted by Gasteiger charge is -2.15. The molecule has 0 heterocycles. The first-order valence-corrected chi connectivity index (χ1v) is 4.31. The summed E-state index contributed by atoms with van der Waals surface area (Å²) in [5.74, 6) is -0.658. The topological polar surface area (TPSA) is 89.4 Å². The first-order chi connectivity index (χ1) is 6.93. The second kappa shape index (κ2) is 5.74. The molecule has 0 unspecified atom stereocenters. The SMILES string of the molecule is C[C@H](O)[C@H](N)c1cc([N+](=O)[O-])ccc1F.Cl. The van der Waals surface area contributed by atoms with Crippen LogP contribution in [0.25, 0.3) is 0 Å². The number of non-ortho nitro benzene ring substituents is 1. The van der Waals surface area contributed by atoms with Gasteiger partial charge in [0.15, 0.2) is 0 Å². The third kappa shape index (κ3) is 3.13. The Balaban J connectivity index is 0.00000225. The van der Waals surface area contributed by atoms with Crippen LogP contribution in [0.1, 0.15) is 18.5 Å². The highest BCUT2D eigenvalue weighted by Gasteiger charge is 2.19. The highest BCUT2D eigenvalue weighted by molar-refractivity contribution is 5.85. The van der Waals surface area contributed by atoms with E-state index in [0.29, 0.717) is 0 Å². The molecular weight excluding hydrogens is 239 g/mol. The van der Waals surface area contributed by atoms with Crippen molar-refractivity contribution in [2.45, 2.75) is 19.1 Å². The lowest BCUT2D eigenvalue weighted by molar-refractivity contribution is -0.385. The second-order valence-corrected chi connectivity index (χ2v) is 3.23. The molecule has 1 aromatic carbocycles. The predicted octanol–water partition coefficient (Wildman–Crippen LogP) is 1.54. The van der Waals surface area contributed by atoms with E-state index in [2.05, 4.69) is 0 Å². The molecule has 0 amide bonds. The fourth-order valence-electron chi connectivity index (χ4n) is 1.16. The van der Waals surface area contributed by atoms with E-state index in [4.69, 9.17) is 10.8 Å². The maximum absolute atomic E-state index is 13.2. The largest absolute Gasteiger partial charge is 0.391 e. The van der Waals surface area contributed by atoms with E-state index < -0.39 is 22.9 Å². The predicted molar refractivity (Wildman–Crippen MR) is 58.9 cm³/mol. The van der Waals surface area contributed by atoms with Crippen LogP contribution in [0, 0.1) is 15.9 Å². The maximum Gasteiger partial charge on any atom is 0.269 e. The van der Waals surface area contributed by atoms with Crippen molar-refractivity contribution < 1.29 is 14.4 Å². The third-order valence-corrected chi connectivity index (χ3v) is 2.07. The second-order valence-electron chi connectivity index (χ2n) is 3.23. The maximum atomic E-state index is 13.2. The molecule has 0 saturated heterocycles. The van der Waals surface area contributed by atoms with Crippen molar-refractivity contribution in [2.75, 3.05) is 0 Å². The quantitative estimate of drug-likeness (QED) is 0.629. The van der Waals surface area contributed by atoms with Gasteiger partial charge in [0.2, 0.25) is 0 Å². The van der Waals surface area contributed by atoms with Gasteiger partial charge < -0.3 is 10.8 Å². The number of halogens is 2. The zero-order valence-corrected chi connectivity index (χ0v) is 9.28. The van der Waals surface area contributed by atoms with Crippen LogP contribution in [0.3, 0.4) is 0 Å². The number of aliphatic hydroxyl groups excluding tert-OH is 1. The van der Waals surface area contributed by atoms with E-state index in [-0.39, 0.29) is 23.7 Å². The Labute approximate surface area is 97.6 Å². The Morgan fingerprint density at radius 2 is 2.12 bits per heavy atom. The summed E-state index contributed by atoms with van der Waals surface area (Å²) in [5, 5.41) is 19.6. The summed E-state index contributed by atoms with van der Waals surface area (Å²) < 4.78 is 13.2. The summed E-state index contributed by atoms with van der Waals surface area (Å²) in [4.78, 5) is 9.80. The Morgan fingerprint density at radius 1 is 1.56 bits per heavy atom. The lowest BCUT2D eigenvalue weighted by Crippen LogP contribution is -2.24. The van der Waals surface area contributed by atoms with E-state index in [0.717, 1.165) is 18.2 Å². The Kier molecular flexibility index (Phi) is 5.29. The van der Waals surface area contributed by atoms with Crippen molar-refractivity contribution in [2.24, 2.45) is 5.73 Å². The number of rotatable bonds is 3. The number of hydrogen-bond acceptors (Lipinski definition) is 4. The summed E-state index contributed by atoms with van der Waals surface area (Å²) in [5.41, 5.74) is 5.19. The molecule has 1 aromatic rings. The fraction of sp³-hybridized carbons (Fsp3) is 0.333. The molecule has 0 aliphatic carbocycles. The third-order valence-electron chi connectivity index (χ3n) is 2.07. The Bertz CT molecular complexity index is 387. The van der Waals surface area contributed by atoms with Gasteiger partial charge in [0.1, 0.15) is 5.82 Å². The number of benzene rings is 1. The zero-order valence-electron chi connectivity index (χ0n) is 8.46. The lowest BCUT2D eigenvalue weighted by atomic mass is 10.0. The van der Waals surface area contributed by atoms with Crippen LogP contribution in [0.4, 0.5) is 10.1 Å². The van der Waals surface area contributed by atoms with E-state index in [1.165, 1.54) is 6.92 Å². The number of nitro benzene ring substituents is 1. The minimum Gasteiger partial charge on any atom is -0.391 e. The van der Waals surface area contributed by atoms with Gasteiger partial charge >= 0.3 is 0 Å². The first kappa shape index (κ1) is 14.8. The molecule has 5 nitrogen and oxygen atoms in total. The average Bonchev–Trinajstić information content (AvgIpc) is 2.16. The number of nitrogens with two attached hydrogens (primary N) is 1. The highest BCUT2D eigenvalue weighted by Crippen LogP contribution is 2.23. The number of hydrogen-bond donors (Lipinski definition) is 2. The van der Waals surface area contributed by atoms with E-state index >= 15 is 0 Å². The van der Waals surface area contributed by atoms with Gasteiger partial charge in [0.05, 0.1) is 17.1 Å². The summed E-state index contributed by atoms with van der Waals surface area (Å²) in [6.07, 6.45) is -0.971. The molecule has 0 aliphatic heterocycles. The van der Waals surface area contributed by atoms with Gasteiger partial charge in [-0.1, -0.05) is 0 Å². The molecule has 0 radical (unpaired) electrons. The van der Waals surface area contributed by atoms with Crippen molar-refractivity contribution in [3.8, 4) is 0 Å². The molecule has 2 atom stereocenters. The van der Waals surface area contributed by atoms with Crippen LogP contribution in [-0.2, 0) is 0 Å². The molecule has 0 spiro atoms. The summed E-state index contributed by atoms with van der Waals surface area (Å²) in [7, 11) is 0. The normalized spacial score (nSPS) is 13.8. The molecule has 3 N–H and O–H groups in total. The molecule has 0 bridgehead atoms. The molecular formula is C9H12ClFN2O3. The van der Waals surface area contributed by atoms with Gasteiger partial charge in [-0.05, 0) is 13.0 Å². The van der Waals surface area contributed by atoms with Gasteiger partial charge in [-0.3, -0.25) is 10.1 Å². The van der Waals surface area contributed by atoms with Gasteiger partial charge in [-0.15, -0.1) is 12.4 Å². The molecule has 0 saturated carbocycles. The van der Waals surface area contributed by atoms with Crippen LogP contribution in [0.2, 0.25) is 0 Å². The monoisotopic (exact) mass is 250 g/mol. The minimum absolute atomic E-state index is 0. The van der Waals surface area contributed by atoms with Crippen molar-refractivity contribution in [1.29, 1.82) is 0 Å². The van der Waals surface area contributed by atoms with E-state index in [9.17, 15) is 14.5 Å². The van der Waals surface area contributed by atoms with Crippen molar-refractivity contribution in [3.63, 3.8) is 0 Å². The fourth-order valence-corrected chi connectivity index (χ4v) is 1.16. The number of nitro groups is 1. The minimum atomic E-state index is -0.971. The van der Waals surface area contributed by atoms with Crippen LogP contribution in [0.15, 0.2) is 18.2 Å². The van der Waals surface area contributed by atoms with Gasteiger partial charge in [-0.2, -0.15) is 0 Å². The summed E-state index contributed by atoms with van der Waals surface area (Å²) in [6, 6.07) is 2.08. The Morgan fingerprint density at radius 3 is 2.56 bits per heavy atom. The zero-order chi connectivity index (χ0) is 11.6. The Hall–Kier alpha value is -1.24. The first-order valence-electron chi connectivity index (χ1n) is 4.31. The van der Waals surface area contributed by atoms with E-state index in [1.54, 1.807) is 0 Å². The molecule has 0 aromatic heterocycles. The van der Waals surface area contributed by atoms with Crippen molar-refractivity contribution >= 4 is 18.1 Å². The number of nitrogens with zero attached hydrogens (tertiary/aromatic N) is 1. The van der Waals surface area contributed by atoms with Gasteiger partial charge in [0.25, 0.3) is 5.69 Å². The number of aliphatic hydroxyl groups is 1. The smallest absolute Gasteiger partial charge is 0.269 e. The van der Waals surface area contributed by atoms with E-state index in [1.807, 2.05) is 0 Å². The standard InChI is InChI=1S/C9H11FN2O3.ClH/c1-5(13)9(11)7-4-6(12(14)15)2-3-8(7)10;/h2-5,9,13H,11H2,1H3;1H/t5-,9-;/m0./s1. The van der Waals surface area contributed by atoms with Crippen LogP contribution >= 0.6 is 12.4 Å². The summed E-state index contributed by atoms with van der Waals surface area (Å²) in [6.45, 7) is 1.39. The van der Waals surface area contributed by atoms with Gasteiger partial charge in [-0.25, -0.2) is 4.39 Å².